The topological polar surface area (TPSA) is 0 Å². The summed E-state index contributed by atoms with van der Waals surface area (Å²) in [6.45, 7) is 85.5. The van der Waals surface area contributed by atoms with Crippen LogP contribution in [0.3, 0.4) is 0 Å². The van der Waals surface area contributed by atoms with Crippen molar-refractivity contribution >= 4 is 0 Å². The highest BCUT2D eigenvalue weighted by molar-refractivity contribution is 5.76. The highest BCUT2D eigenvalue weighted by Crippen LogP contribution is 2.58. The number of hydrogen-bond donors (Lipinski definition) is 0. The van der Waals surface area contributed by atoms with E-state index in [4.69, 9.17) is 0 Å². The Morgan fingerprint density at radius 3 is 0.412 bits per heavy atom. The Hall–Kier alpha value is -5.46. The standard InChI is InChI=1S/C80H106/c1-36-42(7)54(19)69(55(20)43(36)8)72(70-56(21)44(9)37(2)45(10)57(70)22)71-66(31)77(79(34,73-58(23)46(11)38(3)47(12)59(73)24)74-60(25)48(13)39(4)49(14)61(74)26)68(33)78(67(71)32)80(35,75-62(27)50(15)40(5)51(16)63(75)28)76-64(29)52(17)41(6)53(18)65(76)30/h72H,1-35H3. The molecule has 0 amide bonds. The molecule has 0 aliphatic carbocycles. The largest absolute Gasteiger partial charge is 0.0472 e. The molecule has 0 heterocycles. The van der Waals surface area contributed by atoms with Crippen LogP contribution in [-0.2, 0) is 10.8 Å². The molecule has 0 aromatic heterocycles. The molecule has 0 heteroatoms. The van der Waals surface area contributed by atoms with E-state index in [1.54, 1.807) is 0 Å². The Morgan fingerprint density at radius 1 is 0.138 bits per heavy atom. The molecule has 0 nitrogen and oxygen atoms in total. The van der Waals surface area contributed by atoms with E-state index in [9.17, 15) is 0 Å². The zero-order chi connectivity index (χ0) is 60.8. The van der Waals surface area contributed by atoms with Gasteiger partial charge in [-0.05, 0) is 476 Å². The maximum Gasteiger partial charge on any atom is 0.0439 e. The van der Waals surface area contributed by atoms with Crippen molar-refractivity contribution in [3.05, 3.63) is 234 Å². The number of benzene rings is 7. The van der Waals surface area contributed by atoms with Crippen LogP contribution in [0.2, 0.25) is 0 Å². The van der Waals surface area contributed by atoms with Crippen molar-refractivity contribution in [2.45, 2.75) is 259 Å². The van der Waals surface area contributed by atoms with Gasteiger partial charge in [0, 0.05) is 16.7 Å². The smallest absolute Gasteiger partial charge is 0.0439 e. The average molecular weight is 1070 g/mol. The molecular formula is C80H106. The first-order chi connectivity index (χ1) is 36.8. The van der Waals surface area contributed by atoms with Crippen molar-refractivity contribution in [1.29, 1.82) is 0 Å². The molecule has 0 saturated heterocycles. The Labute approximate surface area is 490 Å². The van der Waals surface area contributed by atoms with Gasteiger partial charge < -0.3 is 0 Å². The molecule has 7 aromatic rings. The van der Waals surface area contributed by atoms with E-state index >= 15 is 0 Å². The van der Waals surface area contributed by atoms with E-state index in [2.05, 4.69) is 242 Å². The second-order valence-electron chi connectivity index (χ2n) is 26.8. The van der Waals surface area contributed by atoms with Gasteiger partial charge in [0.2, 0.25) is 0 Å². The molecule has 0 bridgehead atoms. The monoisotopic (exact) mass is 1070 g/mol. The highest BCUT2D eigenvalue weighted by atomic mass is 14.5. The number of hydrogen-bond acceptors (Lipinski definition) is 0. The summed E-state index contributed by atoms with van der Waals surface area (Å²) in [4.78, 5) is 0. The lowest BCUT2D eigenvalue weighted by atomic mass is 9.56. The molecule has 0 unspecified atom stereocenters. The second-order valence-corrected chi connectivity index (χ2v) is 26.8. The van der Waals surface area contributed by atoms with E-state index in [0.29, 0.717) is 0 Å². The van der Waals surface area contributed by atoms with Crippen molar-refractivity contribution in [3.63, 3.8) is 0 Å². The van der Waals surface area contributed by atoms with Gasteiger partial charge in [0.15, 0.2) is 0 Å². The van der Waals surface area contributed by atoms with Gasteiger partial charge in [0.25, 0.3) is 0 Å². The van der Waals surface area contributed by atoms with Crippen LogP contribution < -0.4 is 0 Å². The van der Waals surface area contributed by atoms with Crippen molar-refractivity contribution in [2.75, 3.05) is 0 Å². The zero-order valence-corrected chi connectivity index (χ0v) is 57.6. The van der Waals surface area contributed by atoms with Crippen LogP contribution in [0.15, 0.2) is 0 Å². The molecular weight excluding hydrogens is 961 g/mol. The third-order valence-electron chi connectivity index (χ3n) is 24.3. The van der Waals surface area contributed by atoms with Crippen molar-refractivity contribution in [3.8, 4) is 0 Å². The molecule has 80 heavy (non-hydrogen) atoms. The van der Waals surface area contributed by atoms with Crippen LogP contribution in [0.25, 0.3) is 0 Å². The van der Waals surface area contributed by atoms with Crippen LogP contribution in [0.5, 0.6) is 0 Å². The first-order valence-corrected chi connectivity index (χ1v) is 30.4. The van der Waals surface area contributed by atoms with Crippen LogP contribution in [-0.4, -0.2) is 0 Å². The molecule has 7 rings (SSSR count). The lowest BCUT2D eigenvalue weighted by molar-refractivity contribution is 0.622. The third kappa shape index (κ3) is 8.38. The minimum Gasteiger partial charge on any atom is -0.0472 e. The van der Waals surface area contributed by atoms with E-state index in [1.165, 1.54) is 234 Å². The summed E-state index contributed by atoms with van der Waals surface area (Å²) < 4.78 is 0. The van der Waals surface area contributed by atoms with E-state index in [1.807, 2.05) is 0 Å². The molecule has 0 N–H and O–H groups in total. The van der Waals surface area contributed by atoms with Gasteiger partial charge in [0.05, 0.1) is 0 Å². The van der Waals surface area contributed by atoms with Crippen molar-refractivity contribution in [2.24, 2.45) is 0 Å². The Kier molecular flexibility index (Phi) is 16.4. The molecule has 0 fully saturated rings. The predicted molar refractivity (Wildman–Crippen MR) is 353 cm³/mol. The molecule has 426 valence electrons. The number of rotatable bonds is 9. The highest BCUT2D eigenvalue weighted by Gasteiger charge is 2.48. The summed E-state index contributed by atoms with van der Waals surface area (Å²) in [5, 5.41) is 0. The molecule has 0 saturated carbocycles. The third-order valence-corrected chi connectivity index (χ3v) is 24.3. The Balaban J connectivity index is 2.05. The van der Waals surface area contributed by atoms with Gasteiger partial charge in [-0.15, -0.1) is 0 Å². The molecule has 0 aliphatic heterocycles. The van der Waals surface area contributed by atoms with Crippen LogP contribution in [0, 0.1) is 228 Å². The maximum absolute atomic E-state index is 2.69. The van der Waals surface area contributed by atoms with Crippen molar-refractivity contribution < 1.29 is 0 Å². The fourth-order valence-electron chi connectivity index (χ4n) is 17.3. The summed E-state index contributed by atoms with van der Waals surface area (Å²) in [5.74, 6) is -0.0719. The van der Waals surface area contributed by atoms with Gasteiger partial charge in [-0.1, -0.05) is 0 Å². The van der Waals surface area contributed by atoms with Gasteiger partial charge >= 0.3 is 0 Å². The fraction of sp³-hybridized carbons (Fsp3) is 0.475. The minimum absolute atomic E-state index is 0.0719. The lowest BCUT2D eigenvalue weighted by Crippen LogP contribution is -2.38. The SMILES string of the molecule is Cc1c(C)c(C)c(C(c2c(C)c(C)c(C)c(C)c2C)c2c(C)c(C(C)(c3c(C)c(C)c(C)c(C)c3C)c3c(C)c(C)c(C)c(C)c3C)c(C)c(C(C)(c3c(C)c(C)c(C)c(C)c3C)c3c(C)c(C)c(C)c(C)c3C)c2C)c(C)c1C. The molecule has 0 spiro atoms. The van der Waals surface area contributed by atoms with Gasteiger partial charge in [-0.3, -0.25) is 0 Å². The van der Waals surface area contributed by atoms with Crippen LogP contribution >= 0.6 is 0 Å². The summed E-state index contributed by atoms with van der Waals surface area (Å²) in [6, 6.07) is 0. The molecule has 0 atom stereocenters. The maximum atomic E-state index is 2.69. The van der Waals surface area contributed by atoms with E-state index in [0.717, 1.165) is 0 Å². The molecule has 0 aliphatic rings. The predicted octanol–water partition coefficient (Wildman–Crippen LogP) is 21.8. The minimum atomic E-state index is -0.607. The van der Waals surface area contributed by atoms with Gasteiger partial charge in [0.1, 0.15) is 0 Å². The lowest BCUT2D eigenvalue weighted by Gasteiger charge is -2.47. The molecule has 0 radical (unpaired) electrons. The first-order valence-electron chi connectivity index (χ1n) is 30.4. The summed E-state index contributed by atoms with van der Waals surface area (Å²) in [7, 11) is 0. The molecule has 7 aromatic carbocycles. The first kappa shape index (κ1) is 62.1. The summed E-state index contributed by atoms with van der Waals surface area (Å²) in [5.41, 5.74) is 58.4. The Morgan fingerprint density at radius 2 is 0.250 bits per heavy atom. The van der Waals surface area contributed by atoms with Gasteiger partial charge in [-0.25, -0.2) is 0 Å². The average Bonchev–Trinajstić information content (AvgIpc) is 3.40. The van der Waals surface area contributed by atoms with Gasteiger partial charge in [-0.2, -0.15) is 0 Å². The van der Waals surface area contributed by atoms with Crippen LogP contribution in [0.1, 0.15) is 253 Å². The summed E-state index contributed by atoms with van der Waals surface area (Å²) in [6.07, 6.45) is 0. The zero-order valence-electron chi connectivity index (χ0n) is 57.6. The fourth-order valence-corrected chi connectivity index (χ4v) is 17.3. The van der Waals surface area contributed by atoms with Crippen LogP contribution in [0.4, 0.5) is 0 Å². The Bertz CT molecular complexity index is 3280. The quantitative estimate of drug-likeness (QED) is 0.126. The normalized spacial score (nSPS) is 12.3. The second kappa shape index (κ2) is 21.1. The van der Waals surface area contributed by atoms with E-state index < -0.39 is 10.8 Å². The van der Waals surface area contributed by atoms with E-state index in [-0.39, 0.29) is 5.92 Å². The van der Waals surface area contributed by atoms with Crippen molar-refractivity contribution in [1.82, 2.24) is 0 Å². The summed E-state index contributed by atoms with van der Waals surface area (Å²) >= 11 is 0.